The maximum Gasteiger partial charge on any atom is 0.265 e. The molecule has 0 aliphatic carbocycles. The predicted octanol–water partition coefficient (Wildman–Crippen LogP) is 2.35. The number of nitriles is 1. The molecule has 4 heterocycles. The highest BCUT2D eigenvalue weighted by Gasteiger charge is 2.37. The third kappa shape index (κ3) is 3.63. The van der Waals surface area contributed by atoms with Gasteiger partial charge in [0.25, 0.3) is 11.8 Å². The van der Waals surface area contributed by atoms with E-state index in [1.165, 1.54) is 10.6 Å². The summed E-state index contributed by atoms with van der Waals surface area (Å²) in [6.07, 6.45) is 0.847. The van der Waals surface area contributed by atoms with Crippen molar-refractivity contribution in [2.45, 2.75) is 12.0 Å². The minimum atomic E-state index is -0.687. The number of morpholine rings is 1. The minimum absolute atomic E-state index is 0.0832. The number of carbonyl (C=O) groups is 2. The second kappa shape index (κ2) is 8.56. The number of hydrogen-bond acceptors (Lipinski definition) is 7. The van der Waals surface area contributed by atoms with E-state index in [1.54, 1.807) is 4.90 Å². The number of benzene rings is 2. The summed E-state index contributed by atoms with van der Waals surface area (Å²) in [5.41, 5.74) is 2.84. The molecular weight excluding hydrogens is 446 g/mol. The van der Waals surface area contributed by atoms with Crippen LogP contribution in [0, 0.1) is 11.3 Å². The van der Waals surface area contributed by atoms with Crippen LogP contribution in [0.15, 0.2) is 60.2 Å². The molecule has 0 bridgehead atoms. The normalized spacial score (nSPS) is 21.6. The van der Waals surface area contributed by atoms with Gasteiger partial charge in [-0.25, -0.2) is 4.98 Å². The second-order valence-electron chi connectivity index (χ2n) is 8.81. The zero-order chi connectivity index (χ0) is 23.9. The molecule has 3 aliphatic rings. The first-order chi connectivity index (χ1) is 17.1. The molecular formula is C26H23N5O4. The van der Waals surface area contributed by atoms with E-state index >= 15 is 0 Å². The molecule has 1 fully saturated rings. The van der Waals surface area contributed by atoms with Crippen molar-refractivity contribution in [2.75, 3.05) is 44.3 Å². The Morgan fingerprint density at radius 1 is 1.11 bits per heavy atom. The lowest BCUT2D eigenvalue weighted by atomic mass is 9.95. The highest BCUT2D eigenvalue weighted by molar-refractivity contribution is 6.00. The third-order valence-electron chi connectivity index (χ3n) is 6.71. The Kier molecular flexibility index (Phi) is 5.23. The van der Waals surface area contributed by atoms with Crippen molar-refractivity contribution in [1.82, 2.24) is 14.5 Å². The molecule has 176 valence electrons. The summed E-state index contributed by atoms with van der Waals surface area (Å²) >= 11 is 0. The lowest BCUT2D eigenvalue weighted by Crippen LogP contribution is -2.53. The number of aromatic nitrogens is 2. The van der Waals surface area contributed by atoms with Gasteiger partial charge in [-0.2, -0.15) is 5.26 Å². The molecule has 0 N–H and O–H groups in total. The zero-order valence-electron chi connectivity index (χ0n) is 19.0. The van der Waals surface area contributed by atoms with Gasteiger partial charge in [0.05, 0.1) is 42.5 Å². The maximum absolute atomic E-state index is 13.2. The Labute approximate surface area is 201 Å². The molecule has 2 unspecified atom stereocenters. The molecule has 9 heteroatoms. The Morgan fingerprint density at radius 2 is 1.89 bits per heavy atom. The first-order valence-electron chi connectivity index (χ1n) is 11.6. The zero-order valence-corrected chi connectivity index (χ0v) is 19.0. The summed E-state index contributed by atoms with van der Waals surface area (Å²) in [6, 6.07) is 17.2. The molecule has 1 amide bonds. The number of carbonyl (C=O) groups excluding carboxylic acids is 2. The van der Waals surface area contributed by atoms with Crippen LogP contribution in [0.4, 0.5) is 5.69 Å². The van der Waals surface area contributed by atoms with Crippen molar-refractivity contribution in [1.29, 1.82) is 5.26 Å². The van der Waals surface area contributed by atoms with Crippen molar-refractivity contribution in [3.05, 3.63) is 66.0 Å². The summed E-state index contributed by atoms with van der Waals surface area (Å²) in [5, 5.41) is 10.1. The van der Waals surface area contributed by atoms with Gasteiger partial charge in [-0.15, -0.1) is 0 Å². The van der Waals surface area contributed by atoms with E-state index in [1.807, 2.05) is 53.4 Å². The predicted molar refractivity (Wildman–Crippen MR) is 127 cm³/mol. The van der Waals surface area contributed by atoms with Crippen LogP contribution in [0.25, 0.3) is 11.0 Å². The van der Waals surface area contributed by atoms with Crippen LogP contribution in [0.2, 0.25) is 0 Å². The molecule has 0 radical (unpaired) electrons. The van der Waals surface area contributed by atoms with Gasteiger partial charge in [-0.05, 0) is 29.8 Å². The highest BCUT2D eigenvalue weighted by atomic mass is 16.5. The number of anilines is 1. The summed E-state index contributed by atoms with van der Waals surface area (Å²) in [7, 11) is 0. The lowest BCUT2D eigenvalue weighted by molar-refractivity contribution is -0.142. The van der Waals surface area contributed by atoms with E-state index in [-0.39, 0.29) is 11.8 Å². The van der Waals surface area contributed by atoms with Crippen molar-refractivity contribution < 1.29 is 19.1 Å². The number of para-hydroxylation sites is 4. The summed E-state index contributed by atoms with van der Waals surface area (Å²) in [4.78, 5) is 34.7. The fourth-order valence-corrected chi connectivity index (χ4v) is 5.01. The van der Waals surface area contributed by atoms with Crippen LogP contribution < -0.4 is 9.64 Å². The van der Waals surface area contributed by atoms with Gasteiger partial charge < -0.3 is 19.3 Å². The standard InChI is InChI=1S/C26H23N5O4/c27-14-18-17(13-24(32)31-20-6-2-1-5-19(20)28-25(18)31)15-30-16-23(26(33)29-9-11-34-12-10-29)35-22-8-4-3-7-21(22)30/h1-8,13,18,23H,9-12,15-16H2. The molecule has 3 aromatic rings. The Balaban J connectivity index is 1.32. The van der Waals surface area contributed by atoms with E-state index in [0.29, 0.717) is 67.6 Å². The summed E-state index contributed by atoms with van der Waals surface area (Å²) < 4.78 is 13.0. The molecule has 2 aromatic carbocycles. The molecule has 0 spiro atoms. The van der Waals surface area contributed by atoms with Crippen molar-refractivity contribution in [3.8, 4) is 11.8 Å². The molecule has 0 saturated carbocycles. The smallest absolute Gasteiger partial charge is 0.265 e. The van der Waals surface area contributed by atoms with Gasteiger partial charge in [0, 0.05) is 25.7 Å². The third-order valence-corrected chi connectivity index (χ3v) is 6.71. The Morgan fingerprint density at radius 3 is 2.71 bits per heavy atom. The van der Waals surface area contributed by atoms with Crippen LogP contribution in [-0.4, -0.2) is 71.8 Å². The fourth-order valence-electron chi connectivity index (χ4n) is 5.01. The largest absolute Gasteiger partial charge is 0.477 e. The minimum Gasteiger partial charge on any atom is -0.477 e. The van der Waals surface area contributed by atoms with E-state index in [9.17, 15) is 14.9 Å². The Bertz CT molecular complexity index is 1400. The van der Waals surface area contributed by atoms with Crippen LogP contribution in [0.3, 0.4) is 0 Å². The quantitative estimate of drug-likeness (QED) is 0.580. The molecule has 3 aliphatic heterocycles. The van der Waals surface area contributed by atoms with Gasteiger partial charge in [0.2, 0.25) is 0 Å². The molecule has 6 rings (SSSR count). The number of hydrogen-bond donors (Lipinski definition) is 0. The number of amides is 1. The number of imidazole rings is 1. The number of fused-ring (bicyclic) bond motifs is 4. The highest BCUT2D eigenvalue weighted by Crippen LogP contribution is 2.37. The molecule has 1 saturated heterocycles. The average Bonchev–Trinajstić information content (AvgIpc) is 3.29. The van der Waals surface area contributed by atoms with Crippen LogP contribution >= 0.6 is 0 Å². The van der Waals surface area contributed by atoms with Gasteiger partial charge in [0.1, 0.15) is 17.5 Å². The summed E-state index contributed by atoms with van der Waals surface area (Å²) in [6.45, 7) is 2.71. The van der Waals surface area contributed by atoms with E-state index < -0.39 is 12.0 Å². The van der Waals surface area contributed by atoms with Gasteiger partial charge >= 0.3 is 0 Å². The van der Waals surface area contributed by atoms with Gasteiger partial charge in [-0.1, -0.05) is 24.3 Å². The van der Waals surface area contributed by atoms with E-state index in [2.05, 4.69) is 11.1 Å². The maximum atomic E-state index is 13.2. The van der Waals surface area contributed by atoms with Crippen molar-refractivity contribution in [2.24, 2.45) is 0 Å². The van der Waals surface area contributed by atoms with E-state index in [4.69, 9.17) is 9.47 Å². The molecule has 2 atom stereocenters. The van der Waals surface area contributed by atoms with Crippen LogP contribution in [0.1, 0.15) is 16.5 Å². The molecule has 35 heavy (non-hydrogen) atoms. The molecule has 9 nitrogen and oxygen atoms in total. The van der Waals surface area contributed by atoms with Crippen molar-refractivity contribution >= 4 is 28.5 Å². The van der Waals surface area contributed by atoms with E-state index in [0.717, 1.165) is 5.69 Å². The Hall–Kier alpha value is -4.16. The molecule has 1 aromatic heterocycles. The van der Waals surface area contributed by atoms with Gasteiger partial charge in [-0.3, -0.25) is 14.2 Å². The first-order valence-corrected chi connectivity index (χ1v) is 11.6. The van der Waals surface area contributed by atoms with Gasteiger partial charge in [0.15, 0.2) is 6.10 Å². The average molecular weight is 470 g/mol. The first kappa shape index (κ1) is 21.4. The van der Waals surface area contributed by atoms with Crippen LogP contribution in [-0.2, 0) is 9.53 Å². The second-order valence-corrected chi connectivity index (χ2v) is 8.81. The topological polar surface area (TPSA) is 101 Å². The fraction of sp³-hybridized carbons (Fsp3) is 0.308. The number of allylic oxidation sites excluding steroid dienone is 1. The summed E-state index contributed by atoms with van der Waals surface area (Å²) in [5.74, 6) is 0.0499. The van der Waals surface area contributed by atoms with Crippen LogP contribution in [0.5, 0.6) is 5.75 Å². The number of rotatable bonds is 3. The van der Waals surface area contributed by atoms with Crippen molar-refractivity contribution in [3.63, 3.8) is 0 Å². The number of nitrogens with zero attached hydrogens (tertiary/aromatic N) is 5. The monoisotopic (exact) mass is 469 g/mol. The SMILES string of the molecule is N#CC1C(CN2CC(C(=O)N3CCOCC3)Oc3ccccc32)=CC(=O)n2c1nc1ccccc12. The number of ether oxygens (including phenoxy) is 2. The lowest BCUT2D eigenvalue weighted by Gasteiger charge is -2.39.